The smallest absolute Gasteiger partial charge is 0.263 e. The Morgan fingerprint density at radius 3 is 2.64 bits per heavy atom. The van der Waals surface area contributed by atoms with Gasteiger partial charge < -0.3 is 10.3 Å². The summed E-state index contributed by atoms with van der Waals surface area (Å²) in [4.78, 5) is 29.9. The Labute approximate surface area is 166 Å². The van der Waals surface area contributed by atoms with Crippen LogP contribution in [0.5, 0.6) is 0 Å². The number of benzene rings is 1. The predicted molar refractivity (Wildman–Crippen MR) is 109 cm³/mol. The largest absolute Gasteiger partial charge is 0.349 e. The van der Waals surface area contributed by atoms with E-state index in [9.17, 15) is 4.79 Å². The second kappa shape index (κ2) is 8.14. The number of hydrogen-bond donors (Lipinski definition) is 2. The second-order valence-corrected chi connectivity index (χ2v) is 7.32. The molecule has 140 valence electrons. The summed E-state index contributed by atoms with van der Waals surface area (Å²) in [5, 5.41) is 3.89. The topological polar surface area (TPSA) is 83.6 Å². The van der Waals surface area contributed by atoms with E-state index in [2.05, 4.69) is 25.3 Å². The minimum absolute atomic E-state index is 0.141. The van der Waals surface area contributed by atoms with Crippen molar-refractivity contribution in [3.05, 3.63) is 89.1 Å². The summed E-state index contributed by atoms with van der Waals surface area (Å²) in [5.74, 6) is 0.682. The van der Waals surface area contributed by atoms with Gasteiger partial charge in [0.25, 0.3) is 5.91 Å². The first-order valence-corrected chi connectivity index (χ1v) is 9.75. The maximum atomic E-state index is 13.0. The van der Waals surface area contributed by atoms with Crippen LogP contribution in [0.2, 0.25) is 0 Å². The van der Waals surface area contributed by atoms with Gasteiger partial charge in [0.2, 0.25) is 0 Å². The number of pyridine rings is 1. The van der Waals surface area contributed by atoms with Crippen molar-refractivity contribution in [2.45, 2.75) is 19.4 Å². The van der Waals surface area contributed by atoms with Crippen molar-refractivity contribution in [2.75, 3.05) is 0 Å². The molecule has 1 amide bonds. The predicted octanol–water partition coefficient (Wildman–Crippen LogP) is 3.95. The van der Waals surface area contributed by atoms with Gasteiger partial charge in [0, 0.05) is 25.0 Å². The highest BCUT2D eigenvalue weighted by Crippen LogP contribution is 2.27. The lowest BCUT2D eigenvalue weighted by atomic mass is 10.0. The molecule has 0 unspecified atom stereocenters. The lowest BCUT2D eigenvalue weighted by Gasteiger charge is -2.18. The van der Waals surface area contributed by atoms with Crippen LogP contribution in [0.15, 0.2) is 67.1 Å². The molecule has 0 saturated heterocycles. The van der Waals surface area contributed by atoms with Crippen molar-refractivity contribution in [1.29, 1.82) is 0 Å². The summed E-state index contributed by atoms with van der Waals surface area (Å²) in [6, 6.07) is 15.4. The zero-order chi connectivity index (χ0) is 19.3. The Morgan fingerprint density at radius 2 is 1.93 bits per heavy atom. The number of aryl methyl sites for hydroxylation is 1. The first-order chi connectivity index (χ1) is 13.7. The van der Waals surface area contributed by atoms with E-state index in [1.807, 2.05) is 55.5 Å². The summed E-state index contributed by atoms with van der Waals surface area (Å²) >= 11 is 1.36. The molecule has 4 rings (SSSR count). The number of aromatic amines is 1. The molecule has 0 saturated carbocycles. The van der Waals surface area contributed by atoms with Crippen LogP contribution in [-0.4, -0.2) is 25.8 Å². The fourth-order valence-electron chi connectivity index (χ4n) is 2.97. The third-order valence-corrected chi connectivity index (χ3v) is 5.53. The number of H-pyrrole nitrogens is 1. The monoisotopic (exact) mass is 389 g/mol. The Balaban J connectivity index is 1.58. The molecule has 1 aromatic carbocycles. The molecule has 0 aliphatic rings. The van der Waals surface area contributed by atoms with Crippen molar-refractivity contribution in [3.63, 3.8) is 0 Å². The number of carbonyl (C=O) groups is 1. The third-order valence-electron chi connectivity index (χ3n) is 4.35. The van der Waals surface area contributed by atoms with Crippen LogP contribution in [0, 0.1) is 6.92 Å². The van der Waals surface area contributed by atoms with Crippen LogP contribution in [0.25, 0.3) is 10.7 Å². The number of hydrogen-bond acceptors (Lipinski definition) is 5. The average molecular weight is 389 g/mol. The fraction of sp³-hybridized carbons (Fsp3) is 0.143. The van der Waals surface area contributed by atoms with E-state index >= 15 is 0 Å². The third kappa shape index (κ3) is 3.99. The van der Waals surface area contributed by atoms with E-state index in [0.29, 0.717) is 17.0 Å². The Hall–Kier alpha value is -3.32. The molecule has 3 aromatic heterocycles. The Bertz CT molecular complexity index is 1050. The number of rotatable bonds is 6. The number of nitrogens with zero attached hydrogens (tertiary/aromatic N) is 3. The molecule has 1 atom stereocenters. The quantitative estimate of drug-likeness (QED) is 0.523. The highest BCUT2D eigenvalue weighted by atomic mass is 32.1. The number of nitrogens with one attached hydrogen (secondary N) is 2. The van der Waals surface area contributed by atoms with E-state index in [4.69, 9.17) is 0 Å². The molecule has 2 N–H and O–H groups in total. The van der Waals surface area contributed by atoms with Crippen LogP contribution >= 0.6 is 11.3 Å². The molecule has 0 aliphatic heterocycles. The average Bonchev–Trinajstić information content (AvgIpc) is 3.38. The molecule has 3 heterocycles. The van der Waals surface area contributed by atoms with Gasteiger partial charge in [-0.2, -0.15) is 0 Å². The lowest BCUT2D eigenvalue weighted by Crippen LogP contribution is -2.30. The zero-order valence-corrected chi connectivity index (χ0v) is 16.1. The first-order valence-electron chi connectivity index (χ1n) is 8.93. The molecule has 6 nitrogen and oxygen atoms in total. The van der Waals surface area contributed by atoms with Gasteiger partial charge in [0.05, 0.1) is 17.4 Å². The highest BCUT2D eigenvalue weighted by molar-refractivity contribution is 7.17. The van der Waals surface area contributed by atoms with Crippen LogP contribution < -0.4 is 5.32 Å². The molecular weight excluding hydrogens is 370 g/mol. The molecule has 0 radical (unpaired) electrons. The van der Waals surface area contributed by atoms with Gasteiger partial charge in [-0.05, 0) is 24.6 Å². The van der Waals surface area contributed by atoms with Gasteiger partial charge >= 0.3 is 0 Å². The Kier molecular flexibility index (Phi) is 5.25. The SMILES string of the molecule is Cc1nc(-c2ccccn2)sc1C(=O)N[C@@H](Cc1ncc[nH]1)c1ccccc1. The van der Waals surface area contributed by atoms with Crippen molar-refractivity contribution >= 4 is 17.2 Å². The summed E-state index contributed by atoms with van der Waals surface area (Å²) in [5.41, 5.74) is 2.50. The summed E-state index contributed by atoms with van der Waals surface area (Å²) in [6.07, 6.45) is 5.80. The summed E-state index contributed by atoms with van der Waals surface area (Å²) in [6.45, 7) is 1.85. The summed E-state index contributed by atoms with van der Waals surface area (Å²) in [7, 11) is 0. The fourth-order valence-corrected chi connectivity index (χ4v) is 3.92. The van der Waals surface area contributed by atoms with Crippen LogP contribution in [0.1, 0.15) is 32.8 Å². The van der Waals surface area contributed by atoms with Gasteiger partial charge in [-0.15, -0.1) is 11.3 Å². The van der Waals surface area contributed by atoms with Crippen LogP contribution in [0.4, 0.5) is 0 Å². The maximum absolute atomic E-state index is 13.0. The minimum atomic E-state index is -0.195. The highest BCUT2D eigenvalue weighted by Gasteiger charge is 2.21. The van der Waals surface area contributed by atoms with Gasteiger partial charge in [0.15, 0.2) is 0 Å². The standard InChI is InChI=1S/C21H19N5OS/c1-14-19(28-21(25-14)16-9-5-6-10-22-16)20(27)26-17(13-18-23-11-12-24-18)15-7-3-2-4-8-15/h2-12,17H,13H2,1H3,(H,23,24)(H,26,27)/t17-/m0/s1. The van der Waals surface area contributed by atoms with Crippen LogP contribution in [0.3, 0.4) is 0 Å². The van der Waals surface area contributed by atoms with E-state index < -0.39 is 0 Å². The zero-order valence-electron chi connectivity index (χ0n) is 15.3. The number of aromatic nitrogens is 4. The van der Waals surface area contributed by atoms with Crippen molar-refractivity contribution in [2.24, 2.45) is 0 Å². The number of amides is 1. The number of imidazole rings is 1. The lowest BCUT2D eigenvalue weighted by molar-refractivity contribution is 0.0939. The number of thiazole rings is 1. The molecule has 0 spiro atoms. The maximum Gasteiger partial charge on any atom is 0.263 e. The molecule has 0 fully saturated rings. The summed E-state index contributed by atoms with van der Waals surface area (Å²) < 4.78 is 0. The van der Waals surface area contributed by atoms with Gasteiger partial charge in [0.1, 0.15) is 15.7 Å². The van der Waals surface area contributed by atoms with E-state index in [1.54, 1.807) is 18.6 Å². The van der Waals surface area contributed by atoms with E-state index in [-0.39, 0.29) is 11.9 Å². The second-order valence-electron chi connectivity index (χ2n) is 6.33. The molecular formula is C21H19N5OS. The van der Waals surface area contributed by atoms with Crippen LogP contribution in [-0.2, 0) is 6.42 Å². The molecule has 28 heavy (non-hydrogen) atoms. The van der Waals surface area contributed by atoms with E-state index in [0.717, 1.165) is 22.1 Å². The molecule has 4 aromatic rings. The molecule has 0 bridgehead atoms. The van der Waals surface area contributed by atoms with Gasteiger partial charge in [-0.1, -0.05) is 36.4 Å². The van der Waals surface area contributed by atoms with E-state index in [1.165, 1.54) is 11.3 Å². The Morgan fingerprint density at radius 1 is 1.11 bits per heavy atom. The van der Waals surface area contributed by atoms with Gasteiger partial charge in [-0.3, -0.25) is 9.78 Å². The molecule has 0 aliphatic carbocycles. The number of carbonyl (C=O) groups excluding carboxylic acids is 1. The normalized spacial score (nSPS) is 11.9. The molecule has 7 heteroatoms. The minimum Gasteiger partial charge on any atom is -0.349 e. The van der Waals surface area contributed by atoms with Crippen molar-refractivity contribution in [3.8, 4) is 10.7 Å². The van der Waals surface area contributed by atoms with Gasteiger partial charge in [-0.25, -0.2) is 9.97 Å². The van der Waals surface area contributed by atoms with Crippen molar-refractivity contribution in [1.82, 2.24) is 25.3 Å². The van der Waals surface area contributed by atoms with Crippen molar-refractivity contribution < 1.29 is 4.79 Å². The first kappa shape index (κ1) is 18.1.